The van der Waals surface area contributed by atoms with Crippen LogP contribution in [-0.4, -0.2) is 53.3 Å². The van der Waals surface area contributed by atoms with E-state index in [0.717, 1.165) is 11.1 Å². The fourth-order valence-corrected chi connectivity index (χ4v) is 4.60. The standard InChI is InChI=1S/C19H19N7O2S/c1-12-15(11-24(2)23-12)13-6-17-16(20-7-13)8-22-26(17)29(27)19-9-21-18-5-4-14(28-3)10-25(18)19/h4-12,23H,1-3H3. The van der Waals surface area contributed by atoms with Gasteiger partial charge in [-0.15, -0.1) is 5.10 Å². The summed E-state index contributed by atoms with van der Waals surface area (Å²) in [4.78, 5) is 8.85. The van der Waals surface area contributed by atoms with Gasteiger partial charge in [0, 0.05) is 25.0 Å². The molecule has 0 bridgehead atoms. The number of pyridine rings is 2. The molecule has 0 saturated carbocycles. The first-order valence-corrected chi connectivity index (χ1v) is 10.1. The number of hydrazine groups is 1. The summed E-state index contributed by atoms with van der Waals surface area (Å²) >= 11 is -1.60. The van der Waals surface area contributed by atoms with Crippen LogP contribution in [0, 0.1) is 0 Å². The molecule has 2 atom stereocenters. The number of ether oxygens (including phenoxy) is 1. The SMILES string of the molecule is COc1ccc2ncc([S+]([O-])n3ncc4ncc(C5=CN(C)NC5C)cc43)n2c1. The normalized spacial score (nSPS) is 17.9. The van der Waals surface area contributed by atoms with Crippen LogP contribution in [0.25, 0.3) is 22.3 Å². The summed E-state index contributed by atoms with van der Waals surface area (Å²) in [5.41, 5.74) is 7.44. The predicted octanol–water partition coefficient (Wildman–Crippen LogP) is 1.84. The Bertz CT molecular complexity index is 1250. The zero-order chi connectivity index (χ0) is 20.1. The molecule has 0 saturated heterocycles. The van der Waals surface area contributed by atoms with Crippen molar-refractivity contribution < 1.29 is 9.29 Å². The van der Waals surface area contributed by atoms with E-state index in [4.69, 9.17) is 4.74 Å². The number of hydrogen-bond acceptors (Lipinski definition) is 7. The van der Waals surface area contributed by atoms with Gasteiger partial charge in [-0.3, -0.25) is 9.38 Å². The molecule has 5 heterocycles. The highest BCUT2D eigenvalue weighted by Gasteiger charge is 2.25. The molecule has 1 N–H and O–H groups in total. The van der Waals surface area contributed by atoms with E-state index in [-0.39, 0.29) is 6.04 Å². The van der Waals surface area contributed by atoms with Crippen molar-refractivity contribution in [3.63, 3.8) is 0 Å². The molecule has 0 aliphatic carbocycles. The molecule has 148 valence electrons. The molecule has 29 heavy (non-hydrogen) atoms. The molecule has 10 heteroatoms. The topological polar surface area (TPSA) is 95.6 Å². The highest BCUT2D eigenvalue weighted by molar-refractivity contribution is 7.90. The molecule has 1 aliphatic rings. The van der Waals surface area contributed by atoms with E-state index in [1.165, 1.54) is 4.09 Å². The van der Waals surface area contributed by atoms with E-state index in [9.17, 15) is 4.55 Å². The second kappa shape index (κ2) is 6.76. The Morgan fingerprint density at radius 1 is 1.21 bits per heavy atom. The van der Waals surface area contributed by atoms with Crippen molar-refractivity contribution in [1.29, 1.82) is 0 Å². The summed E-state index contributed by atoms with van der Waals surface area (Å²) in [6, 6.07) is 5.76. The average molecular weight is 409 g/mol. The second-order valence-corrected chi connectivity index (χ2v) is 8.10. The Labute approximate surface area is 169 Å². The first kappa shape index (κ1) is 18.0. The number of imidazole rings is 1. The molecule has 1 aliphatic heterocycles. The molecule has 5 rings (SSSR count). The average Bonchev–Trinajstić information content (AvgIpc) is 3.42. The van der Waals surface area contributed by atoms with Gasteiger partial charge >= 0.3 is 0 Å². The van der Waals surface area contributed by atoms with Crippen molar-refractivity contribution >= 4 is 33.6 Å². The Balaban J connectivity index is 1.60. The highest BCUT2D eigenvalue weighted by atomic mass is 32.2. The van der Waals surface area contributed by atoms with Crippen LogP contribution in [0.2, 0.25) is 0 Å². The smallest absolute Gasteiger partial charge is 0.279 e. The maximum absolute atomic E-state index is 13.4. The number of aromatic nitrogens is 5. The van der Waals surface area contributed by atoms with E-state index in [1.807, 2.05) is 42.7 Å². The fraction of sp³-hybridized carbons (Fsp3) is 0.211. The van der Waals surface area contributed by atoms with Gasteiger partial charge in [-0.05, 0) is 30.7 Å². The van der Waals surface area contributed by atoms with Gasteiger partial charge in [-0.25, -0.2) is 10.4 Å². The molecule has 4 aromatic rings. The molecule has 0 amide bonds. The Hall–Kier alpha value is -3.08. The minimum atomic E-state index is -1.60. The van der Waals surface area contributed by atoms with Crippen molar-refractivity contribution in [3.8, 4) is 5.75 Å². The molecule has 2 unspecified atom stereocenters. The predicted molar refractivity (Wildman–Crippen MR) is 109 cm³/mol. The fourth-order valence-electron chi connectivity index (χ4n) is 3.51. The lowest BCUT2D eigenvalue weighted by Crippen LogP contribution is -2.30. The zero-order valence-electron chi connectivity index (χ0n) is 16.1. The molecular weight excluding hydrogens is 390 g/mol. The van der Waals surface area contributed by atoms with Gasteiger partial charge in [0.15, 0.2) is 11.4 Å². The first-order chi connectivity index (χ1) is 14.0. The van der Waals surface area contributed by atoms with Crippen LogP contribution in [-0.2, 0) is 11.4 Å². The van der Waals surface area contributed by atoms with Crippen LogP contribution in [0.1, 0.15) is 12.5 Å². The quantitative estimate of drug-likeness (QED) is 0.514. The van der Waals surface area contributed by atoms with Crippen molar-refractivity contribution in [2.24, 2.45) is 0 Å². The van der Waals surface area contributed by atoms with Crippen LogP contribution < -0.4 is 10.2 Å². The van der Waals surface area contributed by atoms with E-state index in [1.54, 1.807) is 30.1 Å². The monoisotopic (exact) mass is 409 g/mol. The number of rotatable bonds is 4. The molecule has 0 fully saturated rings. The number of nitrogens with one attached hydrogen (secondary N) is 1. The second-order valence-electron chi connectivity index (χ2n) is 6.83. The summed E-state index contributed by atoms with van der Waals surface area (Å²) in [7, 11) is 3.54. The molecule has 0 radical (unpaired) electrons. The molecular formula is C19H19N7O2S. The summed E-state index contributed by atoms with van der Waals surface area (Å²) in [6.07, 6.45) is 8.83. The third kappa shape index (κ3) is 2.92. The van der Waals surface area contributed by atoms with Crippen LogP contribution in [0.15, 0.2) is 54.2 Å². The lowest BCUT2D eigenvalue weighted by molar-refractivity contribution is 0.340. The minimum Gasteiger partial charge on any atom is -0.585 e. The van der Waals surface area contributed by atoms with E-state index in [0.29, 0.717) is 27.5 Å². The molecule has 4 aromatic heterocycles. The van der Waals surface area contributed by atoms with Gasteiger partial charge in [0.2, 0.25) is 0 Å². The van der Waals surface area contributed by atoms with Crippen LogP contribution in [0.5, 0.6) is 5.75 Å². The van der Waals surface area contributed by atoms with Crippen molar-refractivity contribution in [2.45, 2.75) is 18.0 Å². The summed E-state index contributed by atoms with van der Waals surface area (Å²) in [5.74, 6) is 0.654. The summed E-state index contributed by atoms with van der Waals surface area (Å²) in [5, 5.41) is 6.76. The van der Waals surface area contributed by atoms with E-state index < -0.39 is 11.4 Å². The van der Waals surface area contributed by atoms with Gasteiger partial charge in [-0.1, -0.05) is 4.09 Å². The Morgan fingerprint density at radius 3 is 2.83 bits per heavy atom. The van der Waals surface area contributed by atoms with Crippen molar-refractivity contribution in [3.05, 3.63) is 54.7 Å². The number of nitrogens with zero attached hydrogens (tertiary/aromatic N) is 6. The maximum atomic E-state index is 13.4. The van der Waals surface area contributed by atoms with Gasteiger partial charge in [0.25, 0.3) is 5.03 Å². The minimum absolute atomic E-state index is 0.160. The number of hydrogen-bond donors (Lipinski definition) is 1. The molecule has 0 spiro atoms. The lowest BCUT2D eigenvalue weighted by atomic mass is 10.0. The Kier molecular flexibility index (Phi) is 4.19. The number of methoxy groups -OCH3 is 1. The van der Waals surface area contributed by atoms with Crippen LogP contribution >= 0.6 is 0 Å². The summed E-state index contributed by atoms with van der Waals surface area (Å²) in [6.45, 7) is 2.08. The largest absolute Gasteiger partial charge is 0.585 e. The first-order valence-electron chi connectivity index (χ1n) is 9.03. The van der Waals surface area contributed by atoms with Gasteiger partial charge in [0.1, 0.15) is 28.6 Å². The van der Waals surface area contributed by atoms with Crippen LogP contribution in [0.3, 0.4) is 0 Å². The lowest BCUT2D eigenvalue weighted by Gasteiger charge is -2.12. The third-order valence-corrected chi connectivity index (χ3v) is 6.20. The molecule has 0 aromatic carbocycles. The van der Waals surface area contributed by atoms with Gasteiger partial charge in [0.05, 0.1) is 25.5 Å². The summed E-state index contributed by atoms with van der Waals surface area (Å²) < 4.78 is 21.9. The van der Waals surface area contributed by atoms with Gasteiger partial charge < -0.3 is 14.3 Å². The van der Waals surface area contributed by atoms with Crippen molar-refractivity contribution in [2.75, 3.05) is 14.2 Å². The maximum Gasteiger partial charge on any atom is 0.279 e. The zero-order valence-corrected chi connectivity index (χ0v) is 16.9. The van der Waals surface area contributed by atoms with Crippen LogP contribution in [0.4, 0.5) is 0 Å². The Morgan fingerprint density at radius 2 is 2.07 bits per heavy atom. The van der Waals surface area contributed by atoms with E-state index in [2.05, 4.69) is 27.4 Å². The van der Waals surface area contributed by atoms with E-state index >= 15 is 0 Å². The van der Waals surface area contributed by atoms with Crippen molar-refractivity contribution in [1.82, 2.24) is 34.0 Å². The number of fused-ring (bicyclic) bond motifs is 2. The van der Waals surface area contributed by atoms with Gasteiger partial charge in [-0.2, -0.15) is 0 Å². The third-order valence-electron chi connectivity index (χ3n) is 4.93. The highest BCUT2D eigenvalue weighted by Crippen LogP contribution is 2.27. The molecule has 9 nitrogen and oxygen atoms in total.